The highest BCUT2D eigenvalue weighted by atomic mass is 16.1. The Hall–Kier alpha value is -1.01. The molecule has 0 saturated heterocycles. The molecule has 0 heterocycles. The van der Waals surface area contributed by atoms with Gasteiger partial charge in [-0.05, 0) is 13.0 Å². The maximum atomic E-state index is 11.7. The molecule has 0 saturated carbocycles. The van der Waals surface area contributed by atoms with Crippen molar-refractivity contribution >= 4 is 5.91 Å². The highest BCUT2D eigenvalue weighted by Gasteiger charge is 2.15. The first kappa shape index (κ1) is 14.0. The fourth-order valence-electron chi connectivity index (χ4n) is 1.24. The fraction of sp³-hybridized carbons (Fsp3) is 0.750. The van der Waals surface area contributed by atoms with E-state index in [1.54, 1.807) is 0 Å². The summed E-state index contributed by atoms with van der Waals surface area (Å²) in [6.45, 7) is 7.57. The zero-order chi connectivity index (χ0) is 11.7. The number of nitrogens with one attached hydrogen (secondary N) is 2. The van der Waals surface area contributed by atoms with Crippen molar-refractivity contribution in [2.45, 2.75) is 39.7 Å². The Balaban J connectivity index is 3.93. The Labute approximate surface area is 93.0 Å². The summed E-state index contributed by atoms with van der Waals surface area (Å²) in [5.41, 5.74) is 0. The molecule has 15 heavy (non-hydrogen) atoms. The number of carbonyl (C=O) groups is 1. The van der Waals surface area contributed by atoms with E-state index in [0.29, 0.717) is 6.42 Å². The van der Waals surface area contributed by atoms with Gasteiger partial charge in [0.15, 0.2) is 0 Å². The lowest BCUT2D eigenvalue weighted by atomic mass is 10.1. The summed E-state index contributed by atoms with van der Waals surface area (Å²) in [6, 6.07) is 0.117. The Morgan fingerprint density at radius 2 is 2.13 bits per heavy atom. The van der Waals surface area contributed by atoms with Crippen LogP contribution in [-0.4, -0.2) is 25.0 Å². The molecule has 2 unspecified atom stereocenters. The van der Waals surface area contributed by atoms with Crippen LogP contribution in [0.25, 0.3) is 0 Å². The molecule has 86 valence electrons. The van der Waals surface area contributed by atoms with E-state index in [4.69, 9.17) is 6.42 Å². The summed E-state index contributed by atoms with van der Waals surface area (Å²) >= 11 is 0. The average molecular weight is 210 g/mol. The van der Waals surface area contributed by atoms with Gasteiger partial charge in [-0.3, -0.25) is 4.79 Å². The molecule has 0 rings (SSSR count). The molecule has 0 radical (unpaired) electrons. The molecule has 0 bridgehead atoms. The highest BCUT2D eigenvalue weighted by molar-refractivity contribution is 5.78. The van der Waals surface area contributed by atoms with Crippen molar-refractivity contribution < 1.29 is 4.79 Å². The minimum Gasteiger partial charge on any atom is -0.352 e. The van der Waals surface area contributed by atoms with Gasteiger partial charge in [-0.2, -0.15) is 0 Å². The molecule has 2 N–H and O–H groups in total. The first-order chi connectivity index (χ1) is 7.15. The van der Waals surface area contributed by atoms with Gasteiger partial charge in [0.05, 0.1) is 0 Å². The van der Waals surface area contributed by atoms with Crippen LogP contribution >= 0.6 is 0 Å². The molecule has 3 nitrogen and oxygen atoms in total. The topological polar surface area (TPSA) is 41.1 Å². The summed E-state index contributed by atoms with van der Waals surface area (Å²) in [5, 5.41) is 6.11. The first-order valence-corrected chi connectivity index (χ1v) is 5.60. The maximum Gasteiger partial charge on any atom is 0.224 e. The number of carbonyl (C=O) groups excluding carboxylic acids is 1. The van der Waals surface area contributed by atoms with Crippen LogP contribution in [0.2, 0.25) is 0 Å². The van der Waals surface area contributed by atoms with E-state index >= 15 is 0 Å². The second kappa shape index (κ2) is 8.31. The van der Waals surface area contributed by atoms with Crippen molar-refractivity contribution in [2.24, 2.45) is 5.92 Å². The second-order valence-electron chi connectivity index (χ2n) is 3.73. The molecular formula is C12H22N2O. The predicted molar refractivity (Wildman–Crippen MR) is 63.4 cm³/mol. The van der Waals surface area contributed by atoms with Crippen molar-refractivity contribution in [3.8, 4) is 12.3 Å². The lowest BCUT2D eigenvalue weighted by molar-refractivity contribution is -0.125. The van der Waals surface area contributed by atoms with Gasteiger partial charge in [0.2, 0.25) is 5.91 Å². The first-order valence-electron chi connectivity index (χ1n) is 5.60. The highest BCUT2D eigenvalue weighted by Crippen LogP contribution is 1.99. The number of amides is 1. The summed E-state index contributed by atoms with van der Waals surface area (Å²) in [6.07, 6.45) is 6.71. The summed E-state index contributed by atoms with van der Waals surface area (Å²) in [5.74, 6) is 2.65. The zero-order valence-electron chi connectivity index (χ0n) is 9.97. The Bertz CT molecular complexity index is 220. The third-order valence-electron chi connectivity index (χ3n) is 2.35. The Morgan fingerprint density at radius 3 is 2.60 bits per heavy atom. The minimum atomic E-state index is -0.00299. The molecule has 0 fully saturated rings. The third-order valence-corrected chi connectivity index (χ3v) is 2.35. The van der Waals surface area contributed by atoms with Gasteiger partial charge in [0.1, 0.15) is 0 Å². The van der Waals surface area contributed by atoms with Crippen LogP contribution in [0.4, 0.5) is 0 Å². The van der Waals surface area contributed by atoms with Gasteiger partial charge in [-0.1, -0.05) is 20.8 Å². The van der Waals surface area contributed by atoms with E-state index in [0.717, 1.165) is 19.5 Å². The van der Waals surface area contributed by atoms with E-state index < -0.39 is 0 Å². The summed E-state index contributed by atoms with van der Waals surface area (Å²) < 4.78 is 0. The Morgan fingerprint density at radius 1 is 1.47 bits per heavy atom. The summed E-state index contributed by atoms with van der Waals surface area (Å²) in [7, 11) is 0. The molecule has 0 aliphatic heterocycles. The standard InChI is InChI=1S/C12H22N2O/c1-5-8-11(6-2)14-12(15)10(4)9-13-7-3/h1,10-11,13H,6-9H2,2-4H3,(H,14,15). The van der Waals surface area contributed by atoms with E-state index in [1.165, 1.54) is 0 Å². The molecule has 3 heteroatoms. The van der Waals surface area contributed by atoms with Crippen molar-refractivity contribution in [1.29, 1.82) is 0 Å². The maximum absolute atomic E-state index is 11.7. The Kier molecular flexibility index (Phi) is 7.75. The van der Waals surface area contributed by atoms with E-state index in [2.05, 4.69) is 16.6 Å². The van der Waals surface area contributed by atoms with Crippen molar-refractivity contribution in [3.05, 3.63) is 0 Å². The van der Waals surface area contributed by atoms with Gasteiger partial charge < -0.3 is 10.6 Å². The van der Waals surface area contributed by atoms with Gasteiger partial charge in [-0.15, -0.1) is 12.3 Å². The monoisotopic (exact) mass is 210 g/mol. The van der Waals surface area contributed by atoms with Crippen LogP contribution in [-0.2, 0) is 4.79 Å². The van der Waals surface area contributed by atoms with Gasteiger partial charge in [0.25, 0.3) is 0 Å². The van der Waals surface area contributed by atoms with Gasteiger partial charge in [-0.25, -0.2) is 0 Å². The molecule has 2 atom stereocenters. The van der Waals surface area contributed by atoms with Crippen LogP contribution in [0.5, 0.6) is 0 Å². The number of rotatable bonds is 7. The molecule has 0 aromatic heterocycles. The van der Waals surface area contributed by atoms with Crippen LogP contribution in [0.15, 0.2) is 0 Å². The fourth-order valence-corrected chi connectivity index (χ4v) is 1.24. The third kappa shape index (κ3) is 6.14. The quantitative estimate of drug-likeness (QED) is 0.619. The molecule has 0 aliphatic carbocycles. The van der Waals surface area contributed by atoms with Crippen LogP contribution in [0.1, 0.15) is 33.6 Å². The normalized spacial score (nSPS) is 14.0. The average Bonchev–Trinajstić information content (AvgIpc) is 2.24. The van der Waals surface area contributed by atoms with Crippen molar-refractivity contribution in [2.75, 3.05) is 13.1 Å². The zero-order valence-corrected chi connectivity index (χ0v) is 9.97. The minimum absolute atomic E-state index is 0.00299. The summed E-state index contributed by atoms with van der Waals surface area (Å²) in [4.78, 5) is 11.7. The molecular weight excluding hydrogens is 188 g/mol. The number of terminal acetylenes is 1. The molecule has 0 aliphatic rings. The van der Waals surface area contributed by atoms with Gasteiger partial charge >= 0.3 is 0 Å². The predicted octanol–water partition coefficient (Wildman–Crippen LogP) is 1.15. The van der Waals surface area contributed by atoms with E-state index in [9.17, 15) is 4.79 Å². The van der Waals surface area contributed by atoms with Gasteiger partial charge in [0, 0.05) is 24.9 Å². The lowest BCUT2D eigenvalue weighted by Crippen LogP contribution is -2.40. The number of hydrogen-bond donors (Lipinski definition) is 2. The molecule has 1 amide bonds. The second-order valence-corrected chi connectivity index (χ2v) is 3.73. The molecule has 0 spiro atoms. The molecule has 0 aromatic rings. The smallest absolute Gasteiger partial charge is 0.224 e. The van der Waals surface area contributed by atoms with Crippen LogP contribution in [0.3, 0.4) is 0 Å². The van der Waals surface area contributed by atoms with Crippen LogP contribution < -0.4 is 10.6 Å². The van der Waals surface area contributed by atoms with Crippen molar-refractivity contribution in [3.63, 3.8) is 0 Å². The van der Waals surface area contributed by atoms with E-state index in [-0.39, 0.29) is 17.9 Å². The number of hydrogen-bond acceptors (Lipinski definition) is 2. The lowest BCUT2D eigenvalue weighted by Gasteiger charge is -2.18. The largest absolute Gasteiger partial charge is 0.352 e. The van der Waals surface area contributed by atoms with Crippen molar-refractivity contribution in [1.82, 2.24) is 10.6 Å². The van der Waals surface area contributed by atoms with E-state index in [1.807, 2.05) is 20.8 Å². The SMILES string of the molecule is C#CCC(CC)NC(=O)C(C)CNCC. The molecule has 0 aromatic carbocycles. The van der Waals surface area contributed by atoms with Crippen LogP contribution in [0, 0.1) is 18.3 Å².